The average Bonchev–Trinajstić information content (AvgIpc) is 2.74. The fourth-order valence-corrected chi connectivity index (χ4v) is 5.48. The first-order chi connectivity index (χ1) is 14.7. The summed E-state index contributed by atoms with van der Waals surface area (Å²) in [7, 11) is 0. The van der Waals surface area contributed by atoms with Crippen LogP contribution in [-0.4, -0.2) is 18.7 Å². The predicted molar refractivity (Wildman–Crippen MR) is 152 cm³/mol. The van der Waals surface area contributed by atoms with Crippen molar-refractivity contribution in [1.29, 1.82) is 0 Å². The molecule has 4 atom stereocenters. The zero-order chi connectivity index (χ0) is 24.3. The van der Waals surface area contributed by atoms with Crippen molar-refractivity contribution in [3.05, 3.63) is 11.6 Å². The third-order valence-electron chi connectivity index (χ3n) is 7.08. The van der Waals surface area contributed by atoms with E-state index in [1.807, 2.05) is 0 Å². The van der Waals surface area contributed by atoms with E-state index in [-0.39, 0.29) is 19.6 Å². The van der Waals surface area contributed by atoms with E-state index in [2.05, 4.69) is 68.4 Å². The lowest BCUT2D eigenvalue weighted by Crippen LogP contribution is -2.37. The Morgan fingerprint density at radius 3 is 1.97 bits per heavy atom. The van der Waals surface area contributed by atoms with Gasteiger partial charge in [-0.15, -0.1) is 0 Å². The van der Waals surface area contributed by atoms with E-state index in [4.69, 9.17) is 5.73 Å². The Kier molecular flexibility index (Phi) is 29.8. The molecular weight excluding hydrogens is 409 g/mol. The van der Waals surface area contributed by atoms with Crippen LogP contribution in [0.4, 0.5) is 4.39 Å². The van der Waals surface area contributed by atoms with Crippen molar-refractivity contribution < 1.29 is 9.87 Å². The van der Waals surface area contributed by atoms with E-state index < -0.39 is 0 Å². The summed E-state index contributed by atoms with van der Waals surface area (Å²) in [6, 6.07) is 0. The Bertz CT molecular complexity index is 420. The normalized spacial score (nSPS) is 21.1. The van der Waals surface area contributed by atoms with E-state index in [9.17, 15) is 4.39 Å². The summed E-state index contributed by atoms with van der Waals surface area (Å²) < 4.78 is 12.6. The smallest absolute Gasteiger partial charge is 0.0897 e. The van der Waals surface area contributed by atoms with Crippen LogP contribution in [0.2, 0.25) is 0 Å². The first-order valence-electron chi connectivity index (χ1n) is 13.6. The number of rotatable bonds is 11. The maximum Gasteiger partial charge on any atom is 0.0897 e. The quantitative estimate of drug-likeness (QED) is 0.297. The average molecular weight is 476 g/mol. The van der Waals surface area contributed by atoms with Crippen molar-refractivity contribution in [2.75, 3.05) is 13.2 Å². The number of alkyl halides is 1. The molecule has 0 aromatic heterocycles. The minimum Gasteiger partial charge on any atom is -0.412 e. The molecule has 2 unspecified atom stereocenters. The molecule has 4 N–H and O–H groups in total. The third-order valence-corrected chi connectivity index (χ3v) is 7.08. The van der Waals surface area contributed by atoms with Crippen LogP contribution in [0, 0.1) is 29.1 Å². The van der Waals surface area contributed by atoms with Gasteiger partial charge in [0.25, 0.3) is 0 Å². The summed E-state index contributed by atoms with van der Waals surface area (Å²) in [4.78, 5) is 0. The van der Waals surface area contributed by atoms with E-state index in [0.717, 1.165) is 37.1 Å². The van der Waals surface area contributed by atoms with Gasteiger partial charge in [-0.05, 0) is 81.1 Å². The molecule has 0 aliphatic heterocycles. The maximum absolute atomic E-state index is 12.6. The molecule has 0 radical (unpaired) electrons. The molecule has 0 saturated heterocycles. The lowest BCUT2D eigenvalue weighted by molar-refractivity contribution is 0.0618. The highest BCUT2D eigenvalue weighted by Gasteiger charge is 2.40. The summed E-state index contributed by atoms with van der Waals surface area (Å²) >= 11 is 0. The van der Waals surface area contributed by atoms with Gasteiger partial charge in [0.05, 0.1) is 6.67 Å². The van der Waals surface area contributed by atoms with Crippen molar-refractivity contribution in [3.8, 4) is 0 Å². The summed E-state index contributed by atoms with van der Waals surface area (Å²) in [5.41, 5.74) is 6.90. The van der Waals surface area contributed by atoms with Crippen LogP contribution < -0.4 is 5.73 Å². The van der Waals surface area contributed by atoms with E-state index >= 15 is 0 Å². The maximum atomic E-state index is 12.6. The molecule has 0 aromatic rings. The molecule has 0 heterocycles. The van der Waals surface area contributed by atoms with E-state index in [1.165, 1.54) is 56.9 Å². The van der Waals surface area contributed by atoms with Gasteiger partial charge in [-0.25, -0.2) is 0 Å². The Balaban J connectivity index is -0.000000411. The van der Waals surface area contributed by atoms with Crippen LogP contribution in [0.3, 0.4) is 0 Å². The van der Waals surface area contributed by atoms with Crippen LogP contribution in [-0.2, 0) is 0 Å². The van der Waals surface area contributed by atoms with Crippen LogP contribution in [0.1, 0.15) is 140 Å². The van der Waals surface area contributed by atoms with Gasteiger partial charge in [0.2, 0.25) is 0 Å². The Morgan fingerprint density at radius 2 is 1.61 bits per heavy atom. The van der Waals surface area contributed by atoms with Gasteiger partial charge in [-0.3, -0.25) is 4.39 Å². The summed E-state index contributed by atoms with van der Waals surface area (Å²) in [5.74, 6) is 3.29. The second-order valence-electron chi connectivity index (χ2n) is 10.4. The van der Waals surface area contributed by atoms with Gasteiger partial charge in [-0.2, -0.15) is 0 Å². The van der Waals surface area contributed by atoms with Gasteiger partial charge in [0, 0.05) is 0 Å². The van der Waals surface area contributed by atoms with Gasteiger partial charge >= 0.3 is 0 Å². The second kappa shape index (κ2) is 24.7. The zero-order valence-corrected chi connectivity index (χ0v) is 23.5. The fraction of sp³-hybridized carbons (Fsp3) is 0.933. The number of hydrogen-bond donors (Lipinski definition) is 1. The number of allylic oxidation sites excluding steroid dienone is 2. The lowest BCUT2D eigenvalue weighted by atomic mass is 9.58. The molecule has 2 nitrogen and oxygen atoms in total. The third kappa shape index (κ3) is 16.8. The van der Waals surface area contributed by atoms with Crippen LogP contribution in [0.15, 0.2) is 11.6 Å². The first-order valence-corrected chi connectivity index (χ1v) is 13.6. The van der Waals surface area contributed by atoms with Crippen LogP contribution in [0.25, 0.3) is 0 Å². The van der Waals surface area contributed by atoms with Gasteiger partial charge in [0.15, 0.2) is 0 Å². The van der Waals surface area contributed by atoms with Crippen molar-refractivity contribution in [2.24, 2.45) is 34.8 Å². The molecule has 1 saturated carbocycles. The summed E-state index contributed by atoms with van der Waals surface area (Å²) in [5, 5.41) is 0. The highest BCUT2D eigenvalue weighted by Crippen LogP contribution is 2.51. The van der Waals surface area contributed by atoms with Gasteiger partial charge < -0.3 is 11.2 Å². The summed E-state index contributed by atoms with van der Waals surface area (Å²) in [6.45, 7) is 21.2. The minimum atomic E-state index is -0.181. The second-order valence-corrected chi connectivity index (χ2v) is 10.4. The van der Waals surface area contributed by atoms with Crippen molar-refractivity contribution >= 4 is 0 Å². The molecule has 1 aliphatic carbocycles. The predicted octanol–water partition coefficient (Wildman–Crippen LogP) is 9.56. The minimum absolute atomic E-state index is 0. The Labute approximate surface area is 210 Å². The highest BCUT2D eigenvalue weighted by atomic mass is 19.1. The topological polar surface area (TPSA) is 57.5 Å². The SMILES string of the molecule is C.C/C=C(\CCCF)C1CCC([C@H](CC)[C@@H](C)CCCC)CC1(C)C.CCC.CCCN.O. The molecule has 3 heteroatoms. The highest BCUT2D eigenvalue weighted by molar-refractivity contribution is 5.12. The Morgan fingerprint density at radius 1 is 1.06 bits per heavy atom. The lowest BCUT2D eigenvalue weighted by Gasteiger charge is -2.47. The molecule has 0 bridgehead atoms. The number of hydrogen-bond acceptors (Lipinski definition) is 1. The molecule has 0 spiro atoms. The van der Waals surface area contributed by atoms with Crippen molar-refractivity contribution in [3.63, 3.8) is 0 Å². The molecule has 1 fully saturated rings. The molecular formula is C30H66FNO. The van der Waals surface area contributed by atoms with Gasteiger partial charge in [-0.1, -0.05) is 107 Å². The van der Waals surface area contributed by atoms with Gasteiger partial charge in [0.1, 0.15) is 0 Å². The van der Waals surface area contributed by atoms with E-state index in [0.29, 0.717) is 17.8 Å². The number of halogens is 1. The zero-order valence-electron chi connectivity index (χ0n) is 23.5. The van der Waals surface area contributed by atoms with Crippen LogP contribution >= 0.6 is 0 Å². The van der Waals surface area contributed by atoms with Crippen molar-refractivity contribution in [1.82, 2.24) is 0 Å². The van der Waals surface area contributed by atoms with Crippen LogP contribution in [0.5, 0.6) is 0 Å². The standard InChI is InChI=1S/C23H43F.C3H9N.C3H8.CH4.H2O/c1-7-10-12-18(4)21(9-3)20-14-15-22(23(5,6)17-20)19(8-2)13-11-16-24;1-2-3-4;1-3-2;;/h8,18,20-22H,7,9-17H2,1-6H3;2-4H2,1H3;3H2,1-2H3;1H4;1H2/b19-8+;;;;/t18-,20?,21+,22?;;;;/m0..../s1. The number of unbranched alkanes of at least 4 members (excludes halogenated alkanes) is 1. The molecule has 0 aromatic carbocycles. The fourth-order valence-electron chi connectivity index (χ4n) is 5.48. The van der Waals surface area contributed by atoms with Crippen molar-refractivity contribution in [2.45, 2.75) is 140 Å². The number of nitrogens with two attached hydrogens (primary N) is 1. The molecule has 33 heavy (non-hydrogen) atoms. The molecule has 0 amide bonds. The monoisotopic (exact) mass is 476 g/mol. The Hall–Kier alpha value is -0.410. The first kappa shape index (κ1) is 39.8. The molecule has 1 rings (SSSR count). The largest absolute Gasteiger partial charge is 0.412 e. The molecule has 204 valence electrons. The van der Waals surface area contributed by atoms with E-state index in [1.54, 1.807) is 0 Å². The molecule has 1 aliphatic rings. The summed E-state index contributed by atoms with van der Waals surface area (Å²) in [6.07, 6.45) is 15.7.